The van der Waals surface area contributed by atoms with Crippen LogP contribution >= 0.6 is 11.6 Å². The summed E-state index contributed by atoms with van der Waals surface area (Å²) in [5, 5.41) is 3.88. The van der Waals surface area contributed by atoms with Gasteiger partial charge in [0.1, 0.15) is 5.82 Å². The Bertz CT molecular complexity index is 442. The molecular formula is C16H24ClFN2. The van der Waals surface area contributed by atoms with E-state index in [0.717, 1.165) is 6.54 Å². The molecule has 1 aliphatic rings. The Morgan fingerprint density at radius 1 is 1.25 bits per heavy atom. The first-order chi connectivity index (χ1) is 9.53. The summed E-state index contributed by atoms with van der Waals surface area (Å²) in [5.74, 6) is -0.229. The van der Waals surface area contributed by atoms with Gasteiger partial charge in [-0.1, -0.05) is 36.9 Å². The normalized spacial score (nSPS) is 18.4. The molecule has 0 aromatic heterocycles. The number of hydrogen-bond donors (Lipinski definition) is 1. The third-order valence-electron chi connectivity index (χ3n) is 4.52. The van der Waals surface area contributed by atoms with Gasteiger partial charge in [0.25, 0.3) is 0 Å². The lowest BCUT2D eigenvalue weighted by Crippen LogP contribution is -2.52. The fraction of sp³-hybridized carbons (Fsp3) is 0.625. The maximum atomic E-state index is 13.7. The summed E-state index contributed by atoms with van der Waals surface area (Å²) in [5.41, 5.74) is 0.903. The fourth-order valence-electron chi connectivity index (χ4n) is 3.09. The number of halogens is 2. The van der Waals surface area contributed by atoms with Crippen molar-refractivity contribution < 1.29 is 4.39 Å². The lowest BCUT2D eigenvalue weighted by Gasteiger charge is -2.43. The highest BCUT2D eigenvalue weighted by molar-refractivity contribution is 6.30. The third kappa shape index (κ3) is 3.72. The molecule has 0 atom stereocenters. The zero-order valence-corrected chi connectivity index (χ0v) is 13.1. The SMILES string of the molecule is CN(C)C1(CNCc2ccc(Cl)cc2F)CCCCC1. The van der Waals surface area contributed by atoms with Gasteiger partial charge in [0.15, 0.2) is 0 Å². The molecule has 2 rings (SSSR count). The molecule has 112 valence electrons. The Kier molecular flexibility index (Phi) is 5.42. The number of hydrogen-bond acceptors (Lipinski definition) is 2. The minimum Gasteiger partial charge on any atom is -0.311 e. The van der Waals surface area contributed by atoms with E-state index in [1.54, 1.807) is 12.1 Å². The van der Waals surface area contributed by atoms with Gasteiger partial charge in [-0.25, -0.2) is 4.39 Å². The molecule has 4 heteroatoms. The maximum absolute atomic E-state index is 13.7. The first-order valence-electron chi connectivity index (χ1n) is 7.36. The van der Waals surface area contributed by atoms with Crippen molar-refractivity contribution in [3.63, 3.8) is 0 Å². The van der Waals surface area contributed by atoms with Crippen molar-refractivity contribution in [1.29, 1.82) is 0 Å². The molecule has 1 aromatic rings. The molecule has 0 bridgehead atoms. The quantitative estimate of drug-likeness (QED) is 0.889. The van der Waals surface area contributed by atoms with Gasteiger partial charge < -0.3 is 10.2 Å². The van der Waals surface area contributed by atoms with Crippen molar-refractivity contribution in [1.82, 2.24) is 10.2 Å². The average molecular weight is 299 g/mol. The molecule has 1 N–H and O–H groups in total. The average Bonchev–Trinajstić information content (AvgIpc) is 2.42. The van der Waals surface area contributed by atoms with Crippen LogP contribution < -0.4 is 5.32 Å². The van der Waals surface area contributed by atoms with E-state index in [1.165, 1.54) is 38.2 Å². The number of likely N-dealkylation sites (N-methyl/N-ethyl adjacent to an activating group) is 1. The Labute approximate surface area is 126 Å². The largest absolute Gasteiger partial charge is 0.311 e. The molecule has 0 saturated heterocycles. The second-order valence-electron chi connectivity index (χ2n) is 6.02. The predicted molar refractivity (Wildman–Crippen MR) is 82.6 cm³/mol. The van der Waals surface area contributed by atoms with Crippen LogP contribution in [0.1, 0.15) is 37.7 Å². The molecular weight excluding hydrogens is 275 g/mol. The van der Waals surface area contributed by atoms with Crippen molar-refractivity contribution in [2.45, 2.75) is 44.2 Å². The van der Waals surface area contributed by atoms with Crippen molar-refractivity contribution in [2.75, 3.05) is 20.6 Å². The van der Waals surface area contributed by atoms with Gasteiger partial charge in [0.05, 0.1) is 0 Å². The summed E-state index contributed by atoms with van der Waals surface area (Å²) < 4.78 is 13.7. The molecule has 1 fully saturated rings. The molecule has 0 radical (unpaired) electrons. The summed E-state index contributed by atoms with van der Waals surface area (Å²) in [6, 6.07) is 4.87. The van der Waals surface area contributed by atoms with Crippen LogP contribution in [0.25, 0.3) is 0 Å². The number of nitrogens with one attached hydrogen (secondary N) is 1. The Morgan fingerprint density at radius 2 is 1.95 bits per heavy atom. The molecule has 0 unspecified atom stereocenters. The first-order valence-corrected chi connectivity index (χ1v) is 7.73. The minimum absolute atomic E-state index is 0.223. The standard InChI is InChI=1S/C16H24ClFN2/c1-20(2)16(8-4-3-5-9-16)12-19-11-13-6-7-14(17)10-15(13)18/h6-7,10,19H,3-5,8-9,11-12H2,1-2H3. The molecule has 0 aliphatic heterocycles. The zero-order valence-electron chi connectivity index (χ0n) is 12.4. The number of nitrogens with zero attached hydrogens (tertiary/aromatic N) is 1. The fourth-order valence-corrected chi connectivity index (χ4v) is 3.25. The van der Waals surface area contributed by atoms with Crippen LogP contribution in [-0.2, 0) is 6.54 Å². The van der Waals surface area contributed by atoms with Crippen LogP contribution in [0.4, 0.5) is 4.39 Å². The predicted octanol–water partition coefficient (Wildman–Crippen LogP) is 3.83. The molecule has 0 amide bonds. The topological polar surface area (TPSA) is 15.3 Å². The van der Waals surface area contributed by atoms with Crippen molar-refractivity contribution in [3.05, 3.63) is 34.6 Å². The van der Waals surface area contributed by atoms with Crippen molar-refractivity contribution >= 4 is 11.6 Å². The van der Waals surface area contributed by atoms with Crippen molar-refractivity contribution in [3.8, 4) is 0 Å². The highest BCUT2D eigenvalue weighted by Crippen LogP contribution is 2.31. The van der Waals surface area contributed by atoms with Gasteiger partial charge in [-0.2, -0.15) is 0 Å². The van der Waals surface area contributed by atoms with Crippen LogP contribution in [0.15, 0.2) is 18.2 Å². The van der Waals surface area contributed by atoms with E-state index >= 15 is 0 Å². The first kappa shape index (κ1) is 15.7. The lowest BCUT2D eigenvalue weighted by atomic mass is 9.80. The van der Waals surface area contributed by atoms with Crippen LogP contribution in [0.2, 0.25) is 5.02 Å². The minimum atomic E-state index is -0.229. The molecule has 1 saturated carbocycles. The Morgan fingerprint density at radius 3 is 2.55 bits per heavy atom. The van der Waals surface area contributed by atoms with E-state index in [-0.39, 0.29) is 11.4 Å². The Hall–Kier alpha value is -0.640. The smallest absolute Gasteiger partial charge is 0.129 e. The van der Waals surface area contributed by atoms with Crippen molar-refractivity contribution in [2.24, 2.45) is 0 Å². The van der Waals surface area contributed by atoms with Gasteiger partial charge >= 0.3 is 0 Å². The van der Waals surface area contributed by atoms with Gasteiger partial charge in [-0.15, -0.1) is 0 Å². The third-order valence-corrected chi connectivity index (χ3v) is 4.75. The Balaban J connectivity index is 1.93. The number of benzene rings is 1. The summed E-state index contributed by atoms with van der Waals surface area (Å²) >= 11 is 5.77. The van der Waals surface area contributed by atoms with Crippen LogP contribution in [-0.4, -0.2) is 31.1 Å². The molecule has 20 heavy (non-hydrogen) atoms. The monoisotopic (exact) mass is 298 g/mol. The van der Waals surface area contributed by atoms with Gasteiger partial charge in [0, 0.05) is 29.2 Å². The molecule has 2 nitrogen and oxygen atoms in total. The van der Waals surface area contributed by atoms with E-state index in [2.05, 4.69) is 24.3 Å². The van der Waals surface area contributed by atoms with E-state index in [9.17, 15) is 4.39 Å². The summed E-state index contributed by atoms with van der Waals surface area (Å²) in [4.78, 5) is 2.33. The van der Waals surface area contributed by atoms with Crippen LogP contribution in [0.3, 0.4) is 0 Å². The zero-order chi connectivity index (χ0) is 14.6. The molecule has 0 heterocycles. The maximum Gasteiger partial charge on any atom is 0.129 e. The van der Waals surface area contributed by atoms with E-state index in [4.69, 9.17) is 11.6 Å². The highest BCUT2D eigenvalue weighted by Gasteiger charge is 2.33. The van der Waals surface area contributed by atoms with Crippen LogP contribution in [0.5, 0.6) is 0 Å². The van der Waals surface area contributed by atoms with E-state index in [1.807, 2.05) is 0 Å². The van der Waals surface area contributed by atoms with E-state index < -0.39 is 0 Å². The second-order valence-corrected chi connectivity index (χ2v) is 6.46. The van der Waals surface area contributed by atoms with Crippen LogP contribution in [0, 0.1) is 5.82 Å². The summed E-state index contributed by atoms with van der Waals surface area (Å²) in [7, 11) is 4.30. The molecule has 1 aliphatic carbocycles. The lowest BCUT2D eigenvalue weighted by molar-refractivity contribution is 0.0983. The summed E-state index contributed by atoms with van der Waals surface area (Å²) in [6.07, 6.45) is 6.35. The van der Waals surface area contributed by atoms with Gasteiger partial charge in [0.2, 0.25) is 0 Å². The second kappa shape index (κ2) is 6.88. The summed E-state index contributed by atoms with van der Waals surface area (Å²) in [6.45, 7) is 1.46. The number of rotatable bonds is 5. The highest BCUT2D eigenvalue weighted by atomic mass is 35.5. The van der Waals surface area contributed by atoms with Gasteiger partial charge in [-0.3, -0.25) is 0 Å². The van der Waals surface area contributed by atoms with E-state index in [0.29, 0.717) is 17.1 Å². The van der Waals surface area contributed by atoms with Gasteiger partial charge in [-0.05, 0) is 39.1 Å². The molecule has 0 spiro atoms. The molecule has 1 aromatic carbocycles.